The van der Waals surface area contributed by atoms with Crippen LogP contribution in [0.25, 0.3) is 10.8 Å². The average molecular weight is 333 g/mol. The molecule has 0 aliphatic heterocycles. The van der Waals surface area contributed by atoms with Crippen molar-refractivity contribution >= 4 is 50.7 Å². The van der Waals surface area contributed by atoms with Crippen LogP contribution >= 0.6 is 34.2 Å². The van der Waals surface area contributed by atoms with Gasteiger partial charge in [0, 0.05) is 39.8 Å². The number of rotatable bonds is 3. The van der Waals surface area contributed by atoms with E-state index in [1.54, 1.807) is 6.20 Å². The van der Waals surface area contributed by atoms with Crippen molar-refractivity contribution in [2.24, 2.45) is 0 Å². The molecule has 1 N–H and O–H groups in total. The highest BCUT2D eigenvalue weighted by atomic mass is 127. The van der Waals surface area contributed by atoms with Gasteiger partial charge in [-0.25, -0.2) is 0 Å². The highest BCUT2D eigenvalue weighted by Crippen LogP contribution is 2.24. The average Bonchev–Trinajstić information content (AvgIpc) is 2.27. The van der Waals surface area contributed by atoms with Crippen molar-refractivity contribution < 1.29 is 0 Å². The zero-order chi connectivity index (χ0) is 10.7. The van der Waals surface area contributed by atoms with Crippen LogP contribution in [0.1, 0.15) is 0 Å². The second kappa shape index (κ2) is 4.99. The Labute approximate surface area is 107 Å². The summed E-state index contributed by atoms with van der Waals surface area (Å²) in [6.45, 7) is 0.967. The van der Waals surface area contributed by atoms with Crippen LogP contribution in [0.15, 0.2) is 30.6 Å². The van der Waals surface area contributed by atoms with E-state index in [0.717, 1.165) is 27.4 Å². The molecule has 78 valence electrons. The lowest BCUT2D eigenvalue weighted by atomic mass is 10.1. The lowest BCUT2D eigenvalue weighted by Gasteiger charge is -2.06. The van der Waals surface area contributed by atoms with Gasteiger partial charge in [-0.2, -0.15) is 0 Å². The first kappa shape index (κ1) is 11.0. The first-order valence-electron chi connectivity index (χ1n) is 4.64. The van der Waals surface area contributed by atoms with Crippen molar-refractivity contribution in [3.8, 4) is 0 Å². The summed E-state index contributed by atoms with van der Waals surface area (Å²) in [7, 11) is 0. The summed E-state index contributed by atoms with van der Waals surface area (Å²) in [5.41, 5.74) is 1.10. The van der Waals surface area contributed by atoms with Gasteiger partial charge >= 0.3 is 0 Å². The molecule has 0 radical (unpaired) electrons. The first-order valence-corrected chi connectivity index (χ1v) is 6.55. The Balaban J connectivity index is 2.41. The van der Waals surface area contributed by atoms with Gasteiger partial charge in [0.15, 0.2) is 0 Å². The molecular weight excluding hydrogens is 322 g/mol. The molecule has 15 heavy (non-hydrogen) atoms. The smallest absolute Gasteiger partial charge is 0.0668 e. The largest absolute Gasteiger partial charge is 0.384 e. The minimum absolute atomic E-state index is 0.700. The van der Waals surface area contributed by atoms with Gasteiger partial charge in [0.05, 0.1) is 5.02 Å². The van der Waals surface area contributed by atoms with E-state index in [0.29, 0.717) is 5.02 Å². The lowest BCUT2D eigenvalue weighted by molar-refractivity contribution is 1.25. The summed E-state index contributed by atoms with van der Waals surface area (Å²) in [5.74, 6) is 0. The van der Waals surface area contributed by atoms with Crippen LogP contribution < -0.4 is 5.32 Å². The second-order valence-corrected chi connectivity index (χ2v) is 4.66. The third-order valence-electron chi connectivity index (χ3n) is 2.14. The number of nitrogens with zero attached hydrogens (tertiary/aromatic N) is 1. The van der Waals surface area contributed by atoms with Crippen molar-refractivity contribution in [3.05, 3.63) is 35.6 Å². The van der Waals surface area contributed by atoms with Crippen LogP contribution in [0.4, 0.5) is 5.69 Å². The Hall–Kier alpha value is -0.550. The second-order valence-electron chi connectivity index (χ2n) is 3.17. The maximum atomic E-state index is 6.07. The lowest BCUT2D eigenvalue weighted by Crippen LogP contribution is -2.01. The minimum Gasteiger partial charge on any atom is -0.384 e. The maximum Gasteiger partial charge on any atom is 0.0668 e. The van der Waals surface area contributed by atoms with Gasteiger partial charge in [-0.05, 0) is 12.1 Å². The minimum atomic E-state index is 0.700. The van der Waals surface area contributed by atoms with E-state index in [1.165, 1.54) is 0 Å². The Bertz CT molecular complexity index is 473. The van der Waals surface area contributed by atoms with Crippen LogP contribution in [0, 0.1) is 0 Å². The fraction of sp³-hybridized carbons (Fsp3) is 0.182. The number of hydrogen-bond acceptors (Lipinski definition) is 2. The van der Waals surface area contributed by atoms with E-state index in [1.807, 2.05) is 18.3 Å². The molecule has 2 nitrogen and oxygen atoms in total. The van der Waals surface area contributed by atoms with Gasteiger partial charge < -0.3 is 5.32 Å². The Kier molecular flexibility index (Phi) is 3.64. The van der Waals surface area contributed by atoms with Crippen molar-refractivity contribution in [1.82, 2.24) is 4.98 Å². The van der Waals surface area contributed by atoms with E-state index in [9.17, 15) is 0 Å². The van der Waals surface area contributed by atoms with Crippen LogP contribution in [-0.2, 0) is 0 Å². The SMILES string of the molecule is Clc1cncc2ccc(NCCI)cc12. The van der Waals surface area contributed by atoms with Crippen LogP contribution in [-0.4, -0.2) is 16.0 Å². The number of hydrogen-bond donors (Lipinski definition) is 1. The molecule has 1 aromatic carbocycles. The molecule has 0 saturated carbocycles. The van der Waals surface area contributed by atoms with Crippen molar-refractivity contribution in [3.63, 3.8) is 0 Å². The van der Waals surface area contributed by atoms with Gasteiger partial charge in [0.1, 0.15) is 0 Å². The third-order valence-corrected chi connectivity index (χ3v) is 2.98. The molecule has 0 unspecified atom stereocenters. The molecule has 1 aromatic heterocycles. The summed E-state index contributed by atoms with van der Waals surface area (Å²) in [6, 6.07) is 6.14. The molecule has 0 atom stereocenters. The number of benzene rings is 1. The molecule has 4 heteroatoms. The van der Waals surface area contributed by atoms with Crippen LogP contribution in [0.2, 0.25) is 5.02 Å². The third kappa shape index (κ3) is 2.52. The van der Waals surface area contributed by atoms with Crippen LogP contribution in [0.5, 0.6) is 0 Å². The summed E-state index contributed by atoms with van der Waals surface area (Å²) in [4.78, 5) is 4.05. The Morgan fingerprint density at radius 2 is 2.20 bits per heavy atom. The van der Waals surface area contributed by atoms with E-state index < -0.39 is 0 Å². The zero-order valence-corrected chi connectivity index (χ0v) is 10.9. The maximum absolute atomic E-state index is 6.07. The number of halogens is 2. The quantitative estimate of drug-likeness (QED) is 0.684. The molecule has 0 saturated heterocycles. The highest BCUT2D eigenvalue weighted by molar-refractivity contribution is 14.1. The van der Waals surface area contributed by atoms with E-state index in [4.69, 9.17) is 11.6 Å². The highest BCUT2D eigenvalue weighted by Gasteiger charge is 2.00. The standard InChI is InChI=1S/C11H10ClIN2/c12-11-7-14-6-8-1-2-9(5-10(8)11)15-4-3-13/h1-2,5-7,15H,3-4H2. The first-order chi connectivity index (χ1) is 7.31. The van der Waals surface area contributed by atoms with Gasteiger partial charge in [-0.15, -0.1) is 0 Å². The van der Waals surface area contributed by atoms with Gasteiger partial charge in [-0.3, -0.25) is 4.98 Å². The fourth-order valence-electron chi connectivity index (χ4n) is 1.43. The summed E-state index contributed by atoms with van der Waals surface area (Å²) in [5, 5.41) is 6.14. The Morgan fingerprint density at radius 3 is 3.00 bits per heavy atom. The number of aromatic nitrogens is 1. The summed E-state index contributed by atoms with van der Waals surface area (Å²) < 4.78 is 1.08. The van der Waals surface area contributed by atoms with Crippen molar-refractivity contribution in [1.29, 1.82) is 0 Å². The summed E-state index contributed by atoms with van der Waals surface area (Å²) in [6.07, 6.45) is 3.50. The molecule has 0 aliphatic rings. The number of pyridine rings is 1. The Morgan fingerprint density at radius 1 is 1.33 bits per heavy atom. The van der Waals surface area contributed by atoms with E-state index >= 15 is 0 Å². The van der Waals surface area contributed by atoms with Gasteiger partial charge in [0.2, 0.25) is 0 Å². The predicted octanol–water partition coefficient (Wildman–Crippen LogP) is 3.74. The predicted molar refractivity (Wildman–Crippen MR) is 74.1 cm³/mol. The van der Waals surface area contributed by atoms with E-state index in [-0.39, 0.29) is 0 Å². The van der Waals surface area contributed by atoms with Gasteiger partial charge in [0.25, 0.3) is 0 Å². The molecule has 1 heterocycles. The molecule has 0 amide bonds. The molecule has 2 aromatic rings. The molecule has 0 aliphatic carbocycles. The topological polar surface area (TPSA) is 24.9 Å². The van der Waals surface area contributed by atoms with Crippen molar-refractivity contribution in [2.75, 3.05) is 16.3 Å². The number of alkyl halides is 1. The molecule has 2 rings (SSSR count). The van der Waals surface area contributed by atoms with E-state index in [2.05, 4.69) is 39.0 Å². The number of anilines is 1. The number of nitrogens with one attached hydrogen (secondary N) is 1. The molecular formula is C11H10ClIN2. The van der Waals surface area contributed by atoms with Crippen LogP contribution in [0.3, 0.4) is 0 Å². The normalized spacial score (nSPS) is 10.5. The fourth-order valence-corrected chi connectivity index (χ4v) is 1.92. The molecule has 0 fully saturated rings. The number of fused-ring (bicyclic) bond motifs is 1. The van der Waals surface area contributed by atoms with Crippen molar-refractivity contribution in [2.45, 2.75) is 0 Å². The monoisotopic (exact) mass is 332 g/mol. The molecule has 0 spiro atoms. The summed E-state index contributed by atoms with van der Waals surface area (Å²) >= 11 is 8.41. The zero-order valence-electron chi connectivity index (χ0n) is 8.00. The van der Waals surface area contributed by atoms with Gasteiger partial charge in [-0.1, -0.05) is 40.3 Å². The molecule has 0 bridgehead atoms.